The molecule has 3 N–H and O–H groups in total. The fraction of sp³-hybridized carbons (Fsp3) is 0.800. The fourth-order valence-electron chi connectivity index (χ4n) is 4.43. The molecule has 316 valence electrons. The van der Waals surface area contributed by atoms with Crippen LogP contribution >= 0.6 is 0 Å². The highest BCUT2D eigenvalue weighted by Crippen LogP contribution is 2.27. The number of carbonyl (C=O) groups is 2. The maximum atomic E-state index is 11.0. The molecule has 0 aromatic rings. The van der Waals surface area contributed by atoms with Gasteiger partial charge in [0.25, 0.3) is 0 Å². The summed E-state index contributed by atoms with van der Waals surface area (Å²) in [6.45, 7) is 34.3. The molecular weight excluding hydrogens is 757 g/mol. The number of ether oxygens (including phenoxy) is 3. The minimum absolute atomic E-state index is 0. The molecule has 18 heteroatoms. The first-order chi connectivity index (χ1) is 24.9. The zero-order chi connectivity index (χ0) is 41.7. The van der Waals surface area contributed by atoms with Gasteiger partial charge in [0.15, 0.2) is 14.9 Å². The van der Waals surface area contributed by atoms with E-state index in [2.05, 4.69) is 51.4 Å². The molecule has 0 bridgehead atoms. The van der Waals surface area contributed by atoms with Gasteiger partial charge in [-0.1, -0.05) is 26.5 Å². The highest BCUT2D eigenvalue weighted by Gasteiger charge is 2.44. The first-order valence-corrected chi connectivity index (χ1v) is 28.9. The lowest BCUT2D eigenvalue weighted by molar-refractivity contribution is -0.138. The van der Waals surface area contributed by atoms with Crippen LogP contribution in [-0.4, -0.2) is 128 Å². The quantitative estimate of drug-likeness (QED) is 0.0330. The van der Waals surface area contributed by atoms with E-state index in [0.29, 0.717) is 39.5 Å². The molecular formula is C35H77O14Si4+. The topological polar surface area (TPSA) is 178 Å². The first-order valence-electron chi connectivity index (χ1n) is 18.8. The van der Waals surface area contributed by atoms with Crippen molar-refractivity contribution in [3.05, 3.63) is 32.2 Å². The average molecular weight is 834 g/mol. The molecule has 1 rings (SSSR count). The number of hydrogen-bond donors (Lipinski definition) is 3. The molecule has 1 atom stereocenters. The molecule has 0 saturated carbocycles. The Bertz CT molecular complexity index is 837. The van der Waals surface area contributed by atoms with E-state index in [9.17, 15) is 14.4 Å². The van der Waals surface area contributed by atoms with E-state index >= 15 is 0 Å². The summed E-state index contributed by atoms with van der Waals surface area (Å²) in [6, 6.07) is 1.89. The van der Waals surface area contributed by atoms with Crippen LogP contribution in [0.25, 0.3) is 0 Å². The van der Waals surface area contributed by atoms with Gasteiger partial charge in [-0.3, -0.25) is 0 Å². The van der Waals surface area contributed by atoms with E-state index in [1.54, 1.807) is 13.1 Å². The molecule has 0 amide bonds. The second-order valence-electron chi connectivity index (χ2n) is 12.3. The lowest BCUT2D eigenvalue weighted by Crippen LogP contribution is -2.54. The van der Waals surface area contributed by atoms with Gasteiger partial charge < -0.3 is 55.2 Å². The maximum absolute atomic E-state index is 11.0. The van der Waals surface area contributed by atoms with Crippen molar-refractivity contribution in [1.82, 2.24) is 0 Å². The summed E-state index contributed by atoms with van der Waals surface area (Å²) in [5.41, 5.74) is 0. The van der Waals surface area contributed by atoms with Gasteiger partial charge in [0.1, 0.15) is 0 Å². The summed E-state index contributed by atoms with van der Waals surface area (Å²) >= 11 is 0. The predicted octanol–water partition coefficient (Wildman–Crippen LogP) is 6.19. The molecule has 14 nitrogen and oxygen atoms in total. The molecule has 0 radical (unpaired) electrons. The second-order valence-corrected chi connectivity index (χ2v) is 25.8. The standard InChI is InChI=1S/C15H34O5Si3.C8H20O4Si.C6H10O3.C4H8O.C2H5O/c1-8-13-21(3,4)19-23(7,20-22(5,6)17)14-11-10-12-18-15(16)9-2;1-5-9-13(10-6-2,11-7-3)12-8-4;1-2-6(8)9-5-3-4-7;1-2-4-5-3-1;1-2-3/h9,17H,2,8,10-14H2,1,3-7H3;5-8H2,1-4H3;2,7H,1,3-5H2;1-4H2;3H,1-2H2/q;;;;+1. The zero-order valence-electron chi connectivity index (χ0n) is 34.8. The van der Waals surface area contributed by atoms with Gasteiger partial charge in [-0.2, -0.15) is 0 Å². The molecule has 1 saturated heterocycles. The van der Waals surface area contributed by atoms with Gasteiger partial charge in [-0.05, 0) is 98.2 Å². The minimum Gasteiger partial charge on any atom is -0.463 e. The number of aliphatic hydroxyl groups excluding tert-OH is 2. The van der Waals surface area contributed by atoms with E-state index in [1.165, 1.54) is 18.9 Å². The lowest BCUT2D eigenvalue weighted by Gasteiger charge is -2.38. The predicted molar refractivity (Wildman–Crippen MR) is 219 cm³/mol. The molecule has 1 unspecified atom stereocenters. The number of aliphatic hydroxyl groups is 2. The third-order valence-electron chi connectivity index (χ3n) is 6.07. The number of esters is 2. The highest BCUT2D eigenvalue weighted by molar-refractivity contribution is 6.86. The fourth-order valence-corrected chi connectivity index (χ4v) is 19.1. The van der Waals surface area contributed by atoms with Crippen LogP contribution in [0.2, 0.25) is 44.8 Å². The Hall–Kier alpha value is -1.24. The van der Waals surface area contributed by atoms with Gasteiger partial charge in [0.05, 0.1) is 20.1 Å². The SMILES string of the molecule is C1CCOC1.C=CC(=O)OCCCC[Si](C)(O[Si](C)(C)O)O[Si](C)(C)CCC.C=CC(=O)OCCCO.CCO[Si](OCC)(OCC)OCC.[CH2+]CO. The molecule has 0 spiro atoms. The molecule has 1 aliphatic heterocycles. The number of carbonyl (C=O) groups excluding carboxylic acids is 2. The Morgan fingerprint density at radius 1 is 0.717 bits per heavy atom. The summed E-state index contributed by atoms with van der Waals surface area (Å²) in [4.78, 5) is 31.5. The van der Waals surface area contributed by atoms with E-state index < -0.39 is 46.4 Å². The van der Waals surface area contributed by atoms with Crippen LogP contribution in [0.15, 0.2) is 25.3 Å². The Kier molecular flexibility index (Phi) is 41.6. The van der Waals surface area contributed by atoms with Crippen LogP contribution in [0, 0.1) is 6.92 Å². The summed E-state index contributed by atoms with van der Waals surface area (Å²) in [7, 11) is -9.65. The summed E-state index contributed by atoms with van der Waals surface area (Å²) in [6.07, 6.45) is 8.02. The molecule has 0 aromatic carbocycles. The second kappa shape index (κ2) is 37.7. The molecule has 1 aliphatic rings. The van der Waals surface area contributed by atoms with Gasteiger partial charge >= 0.3 is 38.1 Å². The highest BCUT2D eigenvalue weighted by atomic mass is 28.5. The third-order valence-corrected chi connectivity index (χ3v) is 19.3. The first kappa shape index (κ1) is 58.5. The number of unbranched alkanes of at least 4 members (excludes halogenated alkanes) is 1. The normalized spacial score (nSPS) is 13.5. The van der Waals surface area contributed by atoms with Crippen molar-refractivity contribution >= 4 is 46.4 Å². The van der Waals surface area contributed by atoms with Crippen molar-refractivity contribution in [3.63, 3.8) is 0 Å². The number of hydrogen-bond acceptors (Lipinski definition) is 14. The van der Waals surface area contributed by atoms with Gasteiger partial charge in [-0.15, -0.1) is 0 Å². The van der Waals surface area contributed by atoms with Crippen molar-refractivity contribution in [2.24, 2.45) is 0 Å². The zero-order valence-corrected chi connectivity index (χ0v) is 38.8. The van der Waals surface area contributed by atoms with Crippen LogP contribution < -0.4 is 0 Å². The lowest BCUT2D eigenvalue weighted by atomic mass is 10.4. The Morgan fingerprint density at radius 3 is 1.43 bits per heavy atom. The Morgan fingerprint density at radius 2 is 1.13 bits per heavy atom. The van der Waals surface area contributed by atoms with Crippen LogP contribution in [0.5, 0.6) is 0 Å². The molecule has 0 aromatic heterocycles. The van der Waals surface area contributed by atoms with Crippen LogP contribution in [0.1, 0.15) is 73.1 Å². The van der Waals surface area contributed by atoms with Crippen molar-refractivity contribution in [2.45, 2.75) is 118 Å². The van der Waals surface area contributed by atoms with E-state index in [4.69, 9.17) is 45.6 Å². The monoisotopic (exact) mass is 833 g/mol. The van der Waals surface area contributed by atoms with E-state index in [-0.39, 0.29) is 19.8 Å². The Labute approximate surface area is 326 Å². The number of rotatable bonds is 24. The summed E-state index contributed by atoms with van der Waals surface area (Å²) < 4.78 is 48.7. The van der Waals surface area contributed by atoms with Crippen molar-refractivity contribution in [2.75, 3.05) is 66.1 Å². The van der Waals surface area contributed by atoms with Gasteiger partial charge in [-0.25, -0.2) is 9.59 Å². The smallest absolute Gasteiger partial charge is 0.463 e. The van der Waals surface area contributed by atoms with E-state index in [1.807, 2.05) is 27.7 Å². The largest absolute Gasteiger partial charge is 0.679 e. The molecule has 1 fully saturated rings. The van der Waals surface area contributed by atoms with Crippen LogP contribution in [-0.2, 0) is 49.7 Å². The third kappa shape index (κ3) is 41.8. The van der Waals surface area contributed by atoms with Crippen molar-refractivity contribution < 1.29 is 64.7 Å². The summed E-state index contributed by atoms with van der Waals surface area (Å²) in [5, 5.41) is 15.7. The Balaban J connectivity index is -0.000000333. The molecule has 53 heavy (non-hydrogen) atoms. The maximum Gasteiger partial charge on any atom is 0.679 e. The molecule has 0 aliphatic carbocycles. The van der Waals surface area contributed by atoms with Crippen molar-refractivity contribution in [1.29, 1.82) is 0 Å². The molecule has 1 heterocycles. The van der Waals surface area contributed by atoms with Crippen LogP contribution in [0.3, 0.4) is 0 Å². The van der Waals surface area contributed by atoms with Crippen molar-refractivity contribution in [3.8, 4) is 0 Å². The summed E-state index contributed by atoms with van der Waals surface area (Å²) in [5.74, 6) is -0.832. The van der Waals surface area contributed by atoms with Crippen LogP contribution in [0.4, 0.5) is 0 Å². The van der Waals surface area contributed by atoms with E-state index in [0.717, 1.165) is 50.6 Å². The van der Waals surface area contributed by atoms with Gasteiger partial charge in [0.2, 0.25) is 0 Å². The average Bonchev–Trinajstić information content (AvgIpc) is 3.65. The minimum atomic E-state index is -2.80. The van der Waals surface area contributed by atoms with Gasteiger partial charge in [0, 0.05) is 64.8 Å².